The molecular weight excluding hydrogens is 252 g/mol. The maximum Gasteiger partial charge on any atom is 0.242 e. The topological polar surface area (TPSA) is 34.5 Å². The van der Waals surface area contributed by atoms with Gasteiger partial charge < -0.3 is 14.2 Å². The third-order valence-corrected chi connectivity index (χ3v) is 3.82. The number of benzene rings is 1. The van der Waals surface area contributed by atoms with Crippen LogP contribution in [-0.2, 0) is 11.3 Å². The van der Waals surface area contributed by atoms with Crippen LogP contribution in [0.25, 0.3) is 10.9 Å². The Balaban J connectivity index is 1.79. The largest absolute Gasteiger partial charge is 0.494 e. The quantitative estimate of drug-likeness (QED) is 0.857. The minimum absolute atomic E-state index is 0.217. The van der Waals surface area contributed by atoms with Crippen LogP contribution >= 0.6 is 0 Å². The van der Waals surface area contributed by atoms with Crippen molar-refractivity contribution in [3.05, 3.63) is 30.5 Å². The second-order valence-electron chi connectivity index (χ2n) is 5.19. The number of ether oxygens (including phenoxy) is 1. The van der Waals surface area contributed by atoms with Crippen LogP contribution in [0.5, 0.6) is 5.75 Å². The third-order valence-electron chi connectivity index (χ3n) is 3.82. The van der Waals surface area contributed by atoms with Crippen LogP contribution in [0, 0.1) is 0 Å². The maximum absolute atomic E-state index is 12.2. The Bertz CT molecular complexity index is 612. The molecule has 106 valence electrons. The van der Waals surface area contributed by atoms with Gasteiger partial charge in [0.2, 0.25) is 5.91 Å². The molecule has 4 nitrogen and oxygen atoms in total. The second-order valence-corrected chi connectivity index (χ2v) is 5.19. The number of amides is 1. The van der Waals surface area contributed by atoms with Crippen molar-refractivity contribution in [2.45, 2.75) is 26.3 Å². The highest BCUT2D eigenvalue weighted by Gasteiger charge is 2.18. The van der Waals surface area contributed by atoms with E-state index >= 15 is 0 Å². The average Bonchev–Trinajstić information content (AvgIpc) is 3.09. The molecule has 0 spiro atoms. The highest BCUT2D eigenvalue weighted by Crippen LogP contribution is 2.22. The van der Waals surface area contributed by atoms with Gasteiger partial charge in [-0.1, -0.05) is 0 Å². The molecule has 1 aromatic heterocycles. The number of carbonyl (C=O) groups excluding carboxylic acids is 1. The number of aromatic nitrogens is 1. The van der Waals surface area contributed by atoms with Crippen molar-refractivity contribution in [3.8, 4) is 5.75 Å². The number of hydrogen-bond acceptors (Lipinski definition) is 2. The summed E-state index contributed by atoms with van der Waals surface area (Å²) < 4.78 is 7.52. The molecule has 1 aliphatic heterocycles. The summed E-state index contributed by atoms with van der Waals surface area (Å²) in [6.45, 7) is 4.89. The molecule has 1 saturated heterocycles. The van der Waals surface area contributed by atoms with Crippen molar-refractivity contribution < 1.29 is 9.53 Å². The van der Waals surface area contributed by atoms with E-state index in [-0.39, 0.29) is 5.91 Å². The monoisotopic (exact) mass is 272 g/mol. The lowest BCUT2D eigenvalue weighted by Gasteiger charge is -2.16. The van der Waals surface area contributed by atoms with Gasteiger partial charge in [0.25, 0.3) is 0 Å². The normalized spacial score (nSPS) is 14.9. The third kappa shape index (κ3) is 2.50. The van der Waals surface area contributed by atoms with Crippen molar-refractivity contribution in [3.63, 3.8) is 0 Å². The predicted octanol–water partition coefficient (Wildman–Crippen LogP) is 2.66. The van der Waals surface area contributed by atoms with Crippen LogP contribution in [-0.4, -0.2) is 35.1 Å². The zero-order valence-electron chi connectivity index (χ0n) is 11.8. The van der Waals surface area contributed by atoms with E-state index < -0.39 is 0 Å². The first kappa shape index (κ1) is 13.0. The Hall–Kier alpha value is -1.97. The van der Waals surface area contributed by atoms with Gasteiger partial charge in [-0.15, -0.1) is 0 Å². The molecule has 0 radical (unpaired) electrons. The van der Waals surface area contributed by atoms with E-state index in [1.807, 2.05) is 46.9 Å². The van der Waals surface area contributed by atoms with Gasteiger partial charge >= 0.3 is 0 Å². The van der Waals surface area contributed by atoms with E-state index in [0.717, 1.165) is 42.6 Å². The van der Waals surface area contributed by atoms with Crippen molar-refractivity contribution in [2.24, 2.45) is 0 Å². The number of hydrogen-bond donors (Lipinski definition) is 0. The first-order chi connectivity index (χ1) is 9.78. The molecule has 3 rings (SSSR count). The molecule has 0 saturated carbocycles. The molecule has 2 aromatic rings. The maximum atomic E-state index is 12.2. The van der Waals surface area contributed by atoms with Gasteiger partial charge in [-0.05, 0) is 44.0 Å². The highest BCUT2D eigenvalue weighted by atomic mass is 16.5. The first-order valence-corrected chi connectivity index (χ1v) is 7.27. The molecule has 1 aromatic carbocycles. The number of rotatable bonds is 4. The fourth-order valence-electron chi connectivity index (χ4n) is 2.78. The standard InChI is InChI=1S/C16H20N2O2/c1-2-20-14-5-6-15-13(11-14)7-10-18(15)12-16(19)17-8-3-4-9-17/h5-7,10-11H,2-4,8-9,12H2,1H3. The molecule has 1 fully saturated rings. The van der Waals surface area contributed by atoms with Crippen LogP contribution in [0.2, 0.25) is 0 Å². The van der Waals surface area contributed by atoms with Gasteiger partial charge in [0.15, 0.2) is 0 Å². The number of carbonyl (C=O) groups is 1. The van der Waals surface area contributed by atoms with Gasteiger partial charge in [0.1, 0.15) is 12.3 Å². The van der Waals surface area contributed by atoms with Crippen LogP contribution in [0.1, 0.15) is 19.8 Å². The second kappa shape index (κ2) is 5.57. The molecule has 0 atom stereocenters. The van der Waals surface area contributed by atoms with E-state index in [0.29, 0.717) is 13.2 Å². The Labute approximate surface area is 118 Å². The Morgan fingerprint density at radius 1 is 1.25 bits per heavy atom. The number of nitrogens with zero attached hydrogens (tertiary/aromatic N) is 2. The summed E-state index contributed by atoms with van der Waals surface area (Å²) in [6, 6.07) is 8.05. The minimum atomic E-state index is 0.217. The molecule has 1 amide bonds. The van der Waals surface area contributed by atoms with E-state index in [1.54, 1.807) is 0 Å². The highest BCUT2D eigenvalue weighted by molar-refractivity contribution is 5.84. The molecule has 0 aliphatic carbocycles. The summed E-state index contributed by atoms with van der Waals surface area (Å²) in [5, 5.41) is 1.12. The fourth-order valence-corrected chi connectivity index (χ4v) is 2.78. The SMILES string of the molecule is CCOc1ccc2c(ccn2CC(=O)N2CCCC2)c1. The summed E-state index contributed by atoms with van der Waals surface area (Å²) >= 11 is 0. The Morgan fingerprint density at radius 3 is 2.80 bits per heavy atom. The van der Waals surface area contributed by atoms with E-state index in [9.17, 15) is 4.79 Å². The lowest BCUT2D eigenvalue weighted by molar-refractivity contribution is -0.130. The minimum Gasteiger partial charge on any atom is -0.494 e. The summed E-state index contributed by atoms with van der Waals surface area (Å²) in [7, 11) is 0. The summed E-state index contributed by atoms with van der Waals surface area (Å²) in [5.41, 5.74) is 1.08. The van der Waals surface area contributed by atoms with Crippen LogP contribution in [0.4, 0.5) is 0 Å². The molecule has 0 bridgehead atoms. The van der Waals surface area contributed by atoms with Gasteiger partial charge in [-0.3, -0.25) is 4.79 Å². The lowest BCUT2D eigenvalue weighted by Crippen LogP contribution is -2.30. The van der Waals surface area contributed by atoms with Crippen molar-refractivity contribution in [2.75, 3.05) is 19.7 Å². The zero-order chi connectivity index (χ0) is 13.9. The Morgan fingerprint density at radius 2 is 2.05 bits per heavy atom. The smallest absolute Gasteiger partial charge is 0.242 e. The molecule has 0 N–H and O–H groups in total. The van der Waals surface area contributed by atoms with Crippen LogP contribution in [0.3, 0.4) is 0 Å². The molecule has 20 heavy (non-hydrogen) atoms. The first-order valence-electron chi connectivity index (χ1n) is 7.27. The van der Waals surface area contributed by atoms with Crippen LogP contribution < -0.4 is 4.74 Å². The van der Waals surface area contributed by atoms with Gasteiger partial charge in [-0.25, -0.2) is 0 Å². The fraction of sp³-hybridized carbons (Fsp3) is 0.438. The van der Waals surface area contributed by atoms with E-state index in [1.165, 1.54) is 0 Å². The zero-order valence-corrected chi connectivity index (χ0v) is 11.8. The van der Waals surface area contributed by atoms with Crippen molar-refractivity contribution in [1.82, 2.24) is 9.47 Å². The molecule has 4 heteroatoms. The number of likely N-dealkylation sites (tertiary alicyclic amines) is 1. The van der Waals surface area contributed by atoms with Crippen molar-refractivity contribution in [1.29, 1.82) is 0 Å². The van der Waals surface area contributed by atoms with Crippen molar-refractivity contribution >= 4 is 16.8 Å². The van der Waals surface area contributed by atoms with Crippen LogP contribution in [0.15, 0.2) is 30.5 Å². The van der Waals surface area contributed by atoms with Gasteiger partial charge in [0.05, 0.1) is 6.61 Å². The lowest BCUT2D eigenvalue weighted by atomic mass is 10.2. The molecule has 1 aliphatic rings. The molecule has 0 unspecified atom stereocenters. The summed E-state index contributed by atoms with van der Waals surface area (Å²) in [6.07, 6.45) is 4.25. The van der Waals surface area contributed by atoms with E-state index in [2.05, 4.69) is 0 Å². The summed E-state index contributed by atoms with van der Waals surface area (Å²) in [5.74, 6) is 1.09. The predicted molar refractivity (Wildman–Crippen MR) is 78.9 cm³/mol. The summed E-state index contributed by atoms with van der Waals surface area (Å²) in [4.78, 5) is 14.2. The van der Waals surface area contributed by atoms with E-state index in [4.69, 9.17) is 4.74 Å². The molecular formula is C16H20N2O2. The average molecular weight is 272 g/mol. The molecule has 2 heterocycles. The van der Waals surface area contributed by atoms with Gasteiger partial charge in [0, 0.05) is 30.2 Å². The Kier molecular flexibility index (Phi) is 3.63. The number of fused-ring (bicyclic) bond motifs is 1. The van der Waals surface area contributed by atoms with Gasteiger partial charge in [-0.2, -0.15) is 0 Å².